The number of carbonyl (C=O) groups is 1. The molecule has 1 aliphatic heterocycles. The van der Waals surface area contributed by atoms with Gasteiger partial charge in [-0.3, -0.25) is 9.69 Å². The van der Waals surface area contributed by atoms with Crippen LogP contribution in [-0.4, -0.2) is 30.4 Å². The predicted molar refractivity (Wildman–Crippen MR) is 117 cm³/mol. The Hall–Kier alpha value is -1.75. The molecule has 1 amide bonds. The van der Waals surface area contributed by atoms with Crippen molar-refractivity contribution in [3.05, 3.63) is 65.2 Å². The van der Waals surface area contributed by atoms with Crippen LogP contribution in [0.25, 0.3) is 0 Å². The first-order valence-corrected chi connectivity index (χ1v) is 9.11. The zero-order valence-corrected chi connectivity index (χ0v) is 17.2. The molecule has 0 unspecified atom stereocenters. The second-order valence-electron chi connectivity index (χ2n) is 6.70. The highest BCUT2D eigenvalue weighted by atomic mass is 35.5. The molecule has 148 valence electrons. The van der Waals surface area contributed by atoms with Gasteiger partial charge in [-0.2, -0.15) is 0 Å². The molecule has 0 aliphatic carbocycles. The molecule has 6 heteroatoms. The van der Waals surface area contributed by atoms with Gasteiger partial charge in [-0.05, 0) is 42.0 Å². The zero-order chi connectivity index (χ0) is 17.5. The number of nitrogens with two attached hydrogens (primary N) is 1. The van der Waals surface area contributed by atoms with Crippen LogP contribution in [0.4, 0.5) is 5.69 Å². The van der Waals surface area contributed by atoms with Crippen LogP contribution in [-0.2, 0) is 24.2 Å². The first kappa shape index (κ1) is 23.3. The summed E-state index contributed by atoms with van der Waals surface area (Å²) in [7, 11) is 0. The van der Waals surface area contributed by atoms with Crippen LogP contribution in [0.15, 0.2) is 48.5 Å². The number of nitrogens with zero attached hydrogens (tertiary/aromatic N) is 1. The van der Waals surface area contributed by atoms with Gasteiger partial charge in [0.25, 0.3) is 0 Å². The Kier molecular flexibility index (Phi) is 10.2. The molecule has 0 radical (unpaired) electrons. The zero-order valence-electron chi connectivity index (χ0n) is 15.5. The number of carbonyl (C=O) groups excluding carboxylic acids is 1. The normalized spacial score (nSPS) is 13.0. The number of hydrogen-bond acceptors (Lipinski definition) is 3. The quantitative estimate of drug-likeness (QED) is 0.542. The van der Waals surface area contributed by atoms with Gasteiger partial charge in [-0.1, -0.05) is 42.5 Å². The number of halogens is 2. The summed E-state index contributed by atoms with van der Waals surface area (Å²) in [5, 5.41) is 3.02. The summed E-state index contributed by atoms with van der Waals surface area (Å²) in [6.07, 6.45) is 3.30. The summed E-state index contributed by atoms with van der Waals surface area (Å²) in [5.74, 6) is 0.104. The maximum Gasteiger partial charge on any atom is 0.220 e. The molecule has 4 nitrogen and oxygen atoms in total. The van der Waals surface area contributed by atoms with E-state index in [1.165, 1.54) is 11.1 Å². The van der Waals surface area contributed by atoms with Crippen LogP contribution in [0.1, 0.15) is 29.5 Å². The lowest BCUT2D eigenvalue weighted by atomic mass is 10.00. The van der Waals surface area contributed by atoms with E-state index in [0.717, 1.165) is 50.3 Å². The molecule has 3 N–H and O–H groups in total. The number of para-hydroxylation sites is 1. The molecule has 0 bridgehead atoms. The van der Waals surface area contributed by atoms with Crippen molar-refractivity contribution in [2.24, 2.45) is 0 Å². The van der Waals surface area contributed by atoms with Crippen molar-refractivity contribution in [1.29, 1.82) is 0 Å². The van der Waals surface area contributed by atoms with Crippen LogP contribution in [0.3, 0.4) is 0 Å². The average molecular weight is 410 g/mol. The van der Waals surface area contributed by atoms with Crippen LogP contribution in [0, 0.1) is 0 Å². The number of fused-ring (bicyclic) bond motifs is 1. The second kappa shape index (κ2) is 11.9. The topological polar surface area (TPSA) is 58.4 Å². The first-order chi connectivity index (χ1) is 12.2. The molecule has 0 aromatic heterocycles. The van der Waals surface area contributed by atoms with Gasteiger partial charge in [0.1, 0.15) is 0 Å². The van der Waals surface area contributed by atoms with Gasteiger partial charge >= 0.3 is 0 Å². The van der Waals surface area contributed by atoms with Crippen LogP contribution in [0.2, 0.25) is 0 Å². The Morgan fingerprint density at radius 1 is 1.04 bits per heavy atom. The SMILES string of the molecule is Cl.Cl.Nc1ccccc1CCC(=O)NCCCN1CCc2ccccc2C1. The summed E-state index contributed by atoms with van der Waals surface area (Å²) in [5.41, 5.74) is 10.6. The fraction of sp³-hybridized carbons (Fsp3) is 0.381. The van der Waals surface area contributed by atoms with Crippen LogP contribution >= 0.6 is 24.8 Å². The van der Waals surface area contributed by atoms with Crippen molar-refractivity contribution in [1.82, 2.24) is 10.2 Å². The van der Waals surface area contributed by atoms with Crippen molar-refractivity contribution in [3.63, 3.8) is 0 Å². The van der Waals surface area contributed by atoms with Gasteiger partial charge in [-0.25, -0.2) is 0 Å². The smallest absolute Gasteiger partial charge is 0.220 e. The third-order valence-electron chi connectivity index (χ3n) is 4.86. The van der Waals surface area contributed by atoms with E-state index in [0.29, 0.717) is 12.8 Å². The third-order valence-corrected chi connectivity index (χ3v) is 4.86. The summed E-state index contributed by atoms with van der Waals surface area (Å²) >= 11 is 0. The molecule has 0 fully saturated rings. The fourth-order valence-corrected chi connectivity index (χ4v) is 3.37. The number of anilines is 1. The van der Waals surface area contributed by atoms with Crippen molar-refractivity contribution in [2.45, 2.75) is 32.2 Å². The van der Waals surface area contributed by atoms with E-state index in [1.807, 2.05) is 24.3 Å². The monoisotopic (exact) mass is 409 g/mol. The van der Waals surface area contributed by atoms with Gasteiger partial charge in [-0.15, -0.1) is 24.8 Å². The Morgan fingerprint density at radius 2 is 1.74 bits per heavy atom. The van der Waals surface area contributed by atoms with Crippen molar-refractivity contribution in [2.75, 3.05) is 25.4 Å². The second-order valence-corrected chi connectivity index (χ2v) is 6.70. The van der Waals surface area contributed by atoms with E-state index < -0.39 is 0 Å². The van der Waals surface area contributed by atoms with Gasteiger partial charge in [0.05, 0.1) is 0 Å². The molecule has 2 aromatic rings. The largest absolute Gasteiger partial charge is 0.399 e. The first-order valence-electron chi connectivity index (χ1n) is 9.11. The van der Waals surface area contributed by atoms with Gasteiger partial charge in [0, 0.05) is 38.3 Å². The number of rotatable bonds is 7. The summed E-state index contributed by atoms with van der Waals surface area (Å²) in [6, 6.07) is 16.4. The Labute approximate surface area is 174 Å². The molecule has 3 rings (SSSR count). The lowest BCUT2D eigenvalue weighted by Crippen LogP contribution is -2.33. The van der Waals surface area contributed by atoms with E-state index in [4.69, 9.17) is 5.73 Å². The Bertz CT molecular complexity index is 724. The molecule has 0 saturated heterocycles. The average Bonchev–Trinajstić information content (AvgIpc) is 2.64. The Balaban J connectivity index is 0.00000182. The van der Waals surface area contributed by atoms with Crippen molar-refractivity contribution >= 4 is 36.4 Å². The van der Waals surface area contributed by atoms with E-state index in [2.05, 4.69) is 34.5 Å². The van der Waals surface area contributed by atoms with Crippen LogP contribution in [0.5, 0.6) is 0 Å². The number of benzene rings is 2. The van der Waals surface area contributed by atoms with E-state index in [-0.39, 0.29) is 30.7 Å². The minimum absolute atomic E-state index is 0. The number of amides is 1. The number of hydrogen-bond donors (Lipinski definition) is 2. The van der Waals surface area contributed by atoms with E-state index >= 15 is 0 Å². The number of nitrogen functional groups attached to an aromatic ring is 1. The third kappa shape index (κ3) is 7.06. The predicted octanol–water partition coefficient (Wildman–Crippen LogP) is 3.61. The number of aryl methyl sites for hydroxylation is 1. The minimum Gasteiger partial charge on any atom is -0.399 e. The molecular formula is C21H29Cl2N3O. The van der Waals surface area contributed by atoms with Gasteiger partial charge in [0.15, 0.2) is 0 Å². The molecular weight excluding hydrogens is 381 g/mol. The lowest BCUT2D eigenvalue weighted by Gasteiger charge is -2.28. The molecule has 0 spiro atoms. The van der Waals surface area contributed by atoms with Crippen LogP contribution < -0.4 is 11.1 Å². The van der Waals surface area contributed by atoms with Gasteiger partial charge < -0.3 is 11.1 Å². The molecule has 2 aromatic carbocycles. The minimum atomic E-state index is 0. The standard InChI is InChI=1S/C21H27N3O.2ClH/c22-20-9-4-3-7-18(20)10-11-21(25)23-13-5-14-24-15-12-17-6-1-2-8-19(17)16-24;;/h1-4,6-9H,5,10-16,22H2,(H,23,25);2*1H. The molecule has 1 aliphatic rings. The fourth-order valence-electron chi connectivity index (χ4n) is 3.37. The highest BCUT2D eigenvalue weighted by molar-refractivity contribution is 5.85. The summed E-state index contributed by atoms with van der Waals surface area (Å²) < 4.78 is 0. The maximum atomic E-state index is 12.0. The summed E-state index contributed by atoms with van der Waals surface area (Å²) in [6.45, 7) is 3.90. The number of nitrogens with one attached hydrogen (secondary N) is 1. The highest BCUT2D eigenvalue weighted by Crippen LogP contribution is 2.18. The molecule has 27 heavy (non-hydrogen) atoms. The molecule has 0 saturated carbocycles. The molecule has 0 atom stereocenters. The molecule has 1 heterocycles. The van der Waals surface area contributed by atoms with E-state index in [9.17, 15) is 4.79 Å². The van der Waals surface area contributed by atoms with Crippen molar-refractivity contribution < 1.29 is 4.79 Å². The lowest BCUT2D eigenvalue weighted by molar-refractivity contribution is -0.121. The highest BCUT2D eigenvalue weighted by Gasteiger charge is 2.14. The maximum absolute atomic E-state index is 12.0. The van der Waals surface area contributed by atoms with E-state index in [1.54, 1.807) is 0 Å². The van der Waals surface area contributed by atoms with Gasteiger partial charge in [0.2, 0.25) is 5.91 Å². The Morgan fingerprint density at radius 3 is 2.52 bits per heavy atom. The van der Waals surface area contributed by atoms with Crippen molar-refractivity contribution in [3.8, 4) is 0 Å². The summed E-state index contributed by atoms with van der Waals surface area (Å²) in [4.78, 5) is 14.4.